The zero-order chi connectivity index (χ0) is 13.3. The van der Waals surface area contributed by atoms with Gasteiger partial charge < -0.3 is 4.57 Å². The Morgan fingerprint density at radius 3 is 1.94 bits per heavy atom. The van der Waals surface area contributed by atoms with E-state index in [4.69, 9.17) is 5.14 Å². The number of aryl methyl sites for hydroxylation is 2. The fraction of sp³-hybridized carbons (Fsp3) is 0.231. The van der Waals surface area contributed by atoms with Crippen LogP contribution in [0.4, 0.5) is 0 Å². The molecule has 0 saturated carbocycles. The minimum absolute atomic E-state index is 0.146. The zero-order valence-corrected chi connectivity index (χ0v) is 11.2. The van der Waals surface area contributed by atoms with Crippen LogP contribution in [0.15, 0.2) is 41.3 Å². The van der Waals surface area contributed by atoms with E-state index in [1.807, 2.05) is 13.8 Å². The van der Waals surface area contributed by atoms with Gasteiger partial charge in [0.15, 0.2) is 0 Å². The predicted octanol–water partition coefficient (Wildman–Crippen LogP) is 1.80. The second kappa shape index (κ2) is 4.59. The summed E-state index contributed by atoms with van der Waals surface area (Å²) in [5.74, 6) is 0. The first kappa shape index (κ1) is 12.9. The number of nitrogens with two attached hydrogens (primary N) is 1. The van der Waals surface area contributed by atoms with Crippen LogP contribution in [0.3, 0.4) is 0 Å². The average Bonchev–Trinajstić information content (AvgIpc) is 2.60. The Kier molecular flexibility index (Phi) is 3.28. The highest BCUT2D eigenvalue weighted by Gasteiger charge is 2.07. The van der Waals surface area contributed by atoms with Gasteiger partial charge in [0.25, 0.3) is 0 Å². The van der Waals surface area contributed by atoms with Gasteiger partial charge in [-0.15, -0.1) is 0 Å². The lowest BCUT2D eigenvalue weighted by atomic mass is 10.2. The lowest BCUT2D eigenvalue weighted by Crippen LogP contribution is -2.12. The molecule has 0 aliphatic carbocycles. The highest BCUT2D eigenvalue weighted by molar-refractivity contribution is 7.89. The van der Waals surface area contributed by atoms with E-state index in [2.05, 4.69) is 16.7 Å². The first-order valence-electron chi connectivity index (χ1n) is 5.62. The van der Waals surface area contributed by atoms with Gasteiger partial charge in [-0.2, -0.15) is 0 Å². The molecular weight excluding hydrogens is 248 g/mol. The van der Waals surface area contributed by atoms with Crippen molar-refractivity contribution in [1.29, 1.82) is 0 Å². The third-order valence-corrected chi connectivity index (χ3v) is 3.94. The molecule has 0 fully saturated rings. The summed E-state index contributed by atoms with van der Waals surface area (Å²) in [4.78, 5) is 0.146. The second-order valence-corrected chi connectivity index (χ2v) is 5.95. The van der Waals surface area contributed by atoms with Crippen molar-refractivity contribution in [3.05, 3.63) is 53.3 Å². The minimum atomic E-state index is -3.60. The van der Waals surface area contributed by atoms with Gasteiger partial charge in [0, 0.05) is 17.9 Å². The molecule has 18 heavy (non-hydrogen) atoms. The van der Waals surface area contributed by atoms with E-state index in [9.17, 15) is 8.42 Å². The maximum atomic E-state index is 11.1. The van der Waals surface area contributed by atoms with Crippen LogP contribution in [0.2, 0.25) is 0 Å². The molecule has 0 aliphatic heterocycles. The molecular formula is C13H16N2O2S. The van der Waals surface area contributed by atoms with Crippen LogP contribution in [-0.4, -0.2) is 13.0 Å². The van der Waals surface area contributed by atoms with Crippen LogP contribution in [0, 0.1) is 13.8 Å². The number of primary sulfonamides is 1. The highest BCUT2D eigenvalue weighted by Crippen LogP contribution is 2.13. The van der Waals surface area contributed by atoms with Crippen LogP contribution in [-0.2, 0) is 16.6 Å². The second-order valence-electron chi connectivity index (χ2n) is 4.39. The van der Waals surface area contributed by atoms with Gasteiger partial charge in [0.05, 0.1) is 4.90 Å². The molecule has 2 aromatic rings. The molecule has 1 aromatic carbocycles. The van der Waals surface area contributed by atoms with Crippen molar-refractivity contribution >= 4 is 10.0 Å². The maximum Gasteiger partial charge on any atom is 0.238 e. The number of nitrogens with zero attached hydrogens (tertiary/aromatic N) is 1. The quantitative estimate of drug-likeness (QED) is 0.918. The van der Waals surface area contributed by atoms with Crippen molar-refractivity contribution in [3.8, 4) is 0 Å². The van der Waals surface area contributed by atoms with Crippen LogP contribution < -0.4 is 5.14 Å². The van der Waals surface area contributed by atoms with E-state index in [1.54, 1.807) is 24.3 Å². The first-order valence-corrected chi connectivity index (χ1v) is 7.17. The summed E-state index contributed by atoms with van der Waals surface area (Å²) in [7, 11) is -3.60. The van der Waals surface area contributed by atoms with E-state index in [0.29, 0.717) is 0 Å². The topological polar surface area (TPSA) is 65.1 Å². The molecule has 96 valence electrons. The van der Waals surface area contributed by atoms with Crippen LogP contribution >= 0.6 is 0 Å². The third kappa shape index (κ3) is 2.63. The van der Waals surface area contributed by atoms with Crippen molar-refractivity contribution in [1.82, 2.24) is 4.57 Å². The smallest absolute Gasteiger partial charge is 0.238 e. The first-order chi connectivity index (χ1) is 8.38. The van der Waals surface area contributed by atoms with Crippen molar-refractivity contribution in [2.75, 3.05) is 0 Å². The van der Waals surface area contributed by atoms with Gasteiger partial charge in [-0.25, -0.2) is 13.6 Å². The molecule has 2 N–H and O–H groups in total. The number of rotatable bonds is 3. The summed E-state index contributed by atoms with van der Waals surface area (Å²) in [6, 6.07) is 10.8. The Morgan fingerprint density at radius 1 is 1.00 bits per heavy atom. The summed E-state index contributed by atoms with van der Waals surface area (Å²) in [6.45, 7) is 4.83. The van der Waals surface area contributed by atoms with Crippen molar-refractivity contribution < 1.29 is 8.42 Å². The number of aromatic nitrogens is 1. The average molecular weight is 264 g/mol. The largest absolute Gasteiger partial charge is 0.345 e. The molecule has 0 unspecified atom stereocenters. The van der Waals surface area contributed by atoms with E-state index in [1.165, 1.54) is 11.4 Å². The lowest BCUT2D eigenvalue weighted by molar-refractivity contribution is 0.597. The van der Waals surface area contributed by atoms with E-state index >= 15 is 0 Å². The number of benzene rings is 1. The SMILES string of the molecule is Cc1ccc(C)n1Cc1ccc(S(N)(=O)=O)cc1. The molecule has 5 heteroatoms. The Hall–Kier alpha value is -1.59. The number of hydrogen-bond acceptors (Lipinski definition) is 2. The van der Waals surface area contributed by atoms with Gasteiger partial charge in [-0.05, 0) is 43.7 Å². The fourth-order valence-corrected chi connectivity index (χ4v) is 2.43. The molecule has 4 nitrogen and oxygen atoms in total. The van der Waals surface area contributed by atoms with Gasteiger partial charge >= 0.3 is 0 Å². The zero-order valence-electron chi connectivity index (χ0n) is 10.4. The fourth-order valence-electron chi connectivity index (χ4n) is 1.92. The van der Waals surface area contributed by atoms with Gasteiger partial charge in [-0.3, -0.25) is 0 Å². The van der Waals surface area contributed by atoms with Crippen LogP contribution in [0.1, 0.15) is 17.0 Å². The van der Waals surface area contributed by atoms with Gasteiger partial charge in [0.2, 0.25) is 10.0 Å². The summed E-state index contributed by atoms with van der Waals surface area (Å²) in [5.41, 5.74) is 3.41. The molecule has 2 rings (SSSR count). The summed E-state index contributed by atoms with van der Waals surface area (Å²) >= 11 is 0. The van der Waals surface area contributed by atoms with Crippen molar-refractivity contribution in [3.63, 3.8) is 0 Å². The van der Waals surface area contributed by atoms with Crippen LogP contribution in [0.25, 0.3) is 0 Å². The molecule has 1 aromatic heterocycles. The van der Waals surface area contributed by atoms with Gasteiger partial charge in [0.1, 0.15) is 0 Å². The summed E-state index contributed by atoms with van der Waals surface area (Å²) in [5, 5.41) is 5.06. The predicted molar refractivity (Wildman–Crippen MR) is 70.8 cm³/mol. The van der Waals surface area contributed by atoms with Crippen molar-refractivity contribution in [2.24, 2.45) is 5.14 Å². The molecule has 0 saturated heterocycles. The number of sulfonamides is 1. The lowest BCUT2D eigenvalue weighted by Gasteiger charge is -2.09. The highest BCUT2D eigenvalue weighted by atomic mass is 32.2. The molecule has 0 aliphatic rings. The van der Waals surface area contributed by atoms with E-state index in [-0.39, 0.29) is 4.90 Å². The molecule has 0 atom stereocenters. The molecule has 0 radical (unpaired) electrons. The Morgan fingerprint density at radius 2 is 1.50 bits per heavy atom. The molecule has 0 spiro atoms. The Bertz CT molecular complexity index is 635. The molecule has 1 heterocycles. The monoisotopic (exact) mass is 264 g/mol. The summed E-state index contributed by atoms with van der Waals surface area (Å²) in [6.07, 6.45) is 0. The standard InChI is InChI=1S/C13H16N2O2S/c1-10-3-4-11(2)15(10)9-12-5-7-13(8-6-12)18(14,16)17/h3-8H,9H2,1-2H3,(H2,14,16,17). The van der Waals surface area contributed by atoms with E-state index in [0.717, 1.165) is 12.1 Å². The minimum Gasteiger partial charge on any atom is -0.345 e. The van der Waals surface area contributed by atoms with E-state index < -0.39 is 10.0 Å². The Labute approximate surface area is 107 Å². The summed E-state index contributed by atoms with van der Waals surface area (Å²) < 4.78 is 24.5. The van der Waals surface area contributed by atoms with Crippen molar-refractivity contribution in [2.45, 2.75) is 25.3 Å². The number of hydrogen-bond donors (Lipinski definition) is 1. The molecule has 0 amide bonds. The normalized spacial score (nSPS) is 11.7. The maximum absolute atomic E-state index is 11.1. The Balaban J connectivity index is 2.27. The third-order valence-electron chi connectivity index (χ3n) is 3.01. The van der Waals surface area contributed by atoms with Crippen LogP contribution in [0.5, 0.6) is 0 Å². The van der Waals surface area contributed by atoms with Gasteiger partial charge in [-0.1, -0.05) is 12.1 Å². The molecule has 0 bridgehead atoms.